The van der Waals surface area contributed by atoms with Gasteiger partial charge in [-0.1, -0.05) is 36.4 Å². The molecule has 0 fully saturated rings. The Morgan fingerprint density at radius 2 is 1.90 bits per heavy atom. The van der Waals surface area contributed by atoms with Gasteiger partial charge in [-0.05, 0) is 29.7 Å². The SMILES string of the molecule is N#Cc1ccc(-c2csc(C3Cc4ccccc43)n2)cc1. The van der Waals surface area contributed by atoms with Crippen molar-refractivity contribution >= 4 is 11.3 Å². The fraction of sp³-hybridized carbons (Fsp3) is 0.111. The fourth-order valence-electron chi connectivity index (χ4n) is 2.77. The highest BCUT2D eigenvalue weighted by Gasteiger charge is 2.29. The Bertz CT molecular complexity index is 840. The monoisotopic (exact) mass is 288 g/mol. The Kier molecular flexibility index (Phi) is 2.83. The molecule has 0 amide bonds. The molecule has 0 spiro atoms. The third-order valence-electron chi connectivity index (χ3n) is 3.98. The molecule has 1 aromatic heterocycles. The van der Waals surface area contributed by atoms with E-state index in [0.717, 1.165) is 17.7 Å². The van der Waals surface area contributed by atoms with E-state index in [-0.39, 0.29) is 0 Å². The molecule has 0 aliphatic heterocycles. The molecule has 2 aromatic carbocycles. The molecule has 0 bridgehead atoms. The van der Waals surface area contributed by atoms with Crippen molar-refractivity contribution in [1.82, 2.24) is 4.98 Å². The first kappa shape index (κ1) is 12.3. The zero-order chi connectivity index (χ0) is 14.2. The molecule has 1 unspecified atom stereocenters. The van der Waals surface area contributed by atoms with E-state index in [1.165, 1.54) is 16.1 Å². The molecule has 0 N–H and O–H groups in total. The van der Waals surface area contributed by atoms with Crippen LogP contribution >= 0.6 is 11.3 Å². The maximum atomic E-state index is 8.84. The van der Waals surface area contributed by atoms with E-state index >= 15 is 0 Å². The molecule has 3 heteroatoms. The highest BCUT2D eigenvalue weighted by molar-refractivity contribution is 7.10. The average Bonchev–Trinajstić information content (AvgIpc) is 2.98. The van der Waals surface area contributed by atoms with Crippen LogP contribution in [0.5, 0.6) is 0 Å². The van der Waals surface area contributed by atoms with Crippen molar-refractivity contribution < 1.29 is 0 Å². The van der Waals surface area contributed by atoms with Gasteiger partial charge in [0.1, 0.15) is 5.01 Å². The minimum Gasteiger partial charge on any atom is -0.241 e. The summed E-state index contributed by atoms with van der Waals surface area (Å²) in [7, 11) is 0. The molecule has 1 heterocycles. The Morgan fingerprint density at radius 3 is 2.67 bits per heavy atom. The van der Waals surface area contributed by atoms with E-state index in [2.05, 4.69) is 35.7 Å². The van der Waals surface area contributed by atoms with Crippen LogP contribution in [0.2, 0.25) is 0 Å². The van der Waals surface area contributed by atoms with Crippen molar-refractivity contribution in [1.29, 1.82) is 5.26 Å². The summed E-state index contributed by atoms with van der Waals surface area (Å²) in [5.41, 5.74) is 5.62. The third-order valence-corrected chi connectivity index (χ3v) is 4.94. The standard InChI is InChI=1S/C18H12N2S/c19-10-12-5-7-13(8-6-12)17-11-21-18(20-17)16-9-14-3-1-2-4-15(14)16/h1-8,11,16H,9H2. The normalized spacial score (nSPS) is 15.9. The first-order chi connectivity index (χ1) is 10.3. The van der Waals surface area contributed by atoms with Gasteiger partial charge in [-0.3, -0.25) is 0 Å². The van der Waals surface area contributed by atoms with E-state index in [1.807, 2.05) is 24.3 Å². The van der Waals surface area contributed by atoms with Gasteiger partial charge >= 0.3 is 0 Å². The van der Waals surface area contributed by atoms with E-state index in [9.17, 15) is 0 Å². The number of benzene rings is 2. The van der Waals surface area contributed by atoms with Crippen molar-refractivity contribution in [3.05, 3.63) is 75.6 Å². The number of rotatable bonds is 2. The van der Waals surface area contributed by atoms with Gasteiger partial charge in [0.05, 0.1) is 17.3 Å². The zero-order valence-corrected chi connectivity index (χ0v) is 12.1. The second kappa shape index (κ2) is 4.83. The van der Waals surface area contributed by atoms with Crippen LogP contribution in [-0.2, 0) is 6.42 Å². The lowest BCUT2D eigenvalue weighted by molar-refractivity contribution is 0.703. The number of aromatic nitrogens is 1. The van der Waals surface area contributed by atoms with Gasteiger partial charge < -0.3 is 0 Å². The van der Waals surface area contributed by atoms with Crippen molar-refractivity contribution in [2.45, 2.75) is 12.3 Å². The van der Waals surface area contributed by atoms with Crippen LogP contribution in [-0.4, -0.2) is 4.98 Å². The Morgan fingerprint density at radius 1 is 1.10 bits per heavy atom. The topological polar surface area (TPSA) is 36.7 Å². The van der Waals surface area contributed by atoms with E-state index in [0.29, 0.717) is 11.5 Å². The molecule has 21 heavy (non-hydrogen) atoms. The summed E-state index contributed by atoms with van der Waals surface area (Å²) < 4.78 is 0. The van der Waals surface area contributed by atoms with Gasteiger partial charge in [0.2, 0.25) is 0 Å². The summed E-state index contributed by atoms with van der Waals surface area (Å²) >= 11 is 1.73. The molecular formula is C18H12N2S. The number of fused-ring (bicyclic) bond motifs is 1. The lowest BCUT2D eigenvalue weighted by atomic mass is 9.78. The summed E-state index contributed by atoms with van der Waals surface area (Å²) in [6, 6.07) is 18.3. The van der Waals surface area contributed by atoms with Crippen LogP contribution in [0, 0.1) is 11.3 Å². The maximum Gasteiger partial charge on any atom is 0.101 e. The number of nitrogens with zero attached hydrogens (tertiary/aromatic N) is 2. The largest absolute Gasteiger partial charge is 0.241 e. The lowest BCUT2D eigenvalue weighted by Gasteiger charge is -2.28. The van der Waals surface area contributed by atoms with Crippen LogP contribution in [0.15, 0.2) is 53.9 Å². The number of thiazole rings is 1. The fourth-order valence-corrected chi connectivity index (χ4v) is 3.72. The summed E-state index contributed by atoms with van der Waals surface area (Å²) in [5, 5.41) is 12.1. The molecule has 1 aliphatic carbocycles. The molecule has 3 aromatic rings. The third kappa shape index (κ3) is 2.05. The van der Waals surface area contributed by atoms with Gasteiger partial charge in [0.25, 0.3) is 0 Å². The molecule has 0 radical (unpaired) electrons. The summed E-state index contributed by atoms with van der Waals surface area (Å²) in [6.45, 7) is 0. The number of hydrogen-bond donors (Lipinski definition) is 0. The molecule has 1 aliphatic rings. The van der Waals surface area contributed by atoms with E-state index in [1.54, 1.807) is 11.3 Å². The van der Waals surface area contributed by atoms with Crippen molar-refractivity contribution in [2.24, 2.45) is 0 Å². The number of nitriles is 1. The highest BCUT2D eigenvalue weighted by Crippen LogP contribution is 2.41. The Labute approximate surface area is 127 Å². The van der Waals surface area contributed by atoms with Crippen molar-refractivity contribution in [3.63, 3.8) is 0 Å². The Balaban J connectivity index is 1.63. The maximum absolute atomic E-state index is 8.84. The van der Waals surface area contributed by atoms with Crippen molar-refractivity contribution in [2.75, 3.05) is 0 Å². The quantitative estimate of drug-likeness (QED) is 0.702. The van der Waals surface area contributed by atoms with Crippen LogP contribution < -0.4 is 0 Å². The first-order valence-corrected chi connectivity index (χ1v) is 7.77. The van der Waals surface area contributed by atoms with Crippen LogP contribution in [0.25, 0.3) is 11.3 Å². The van der Waals surface area contributed by atoms with E-state index < -0.39 is 0 Å². The second-order valence-corrected chi connectivity index (χ2v) is 6.11. The molecule has 100 valence electrons. The van der Waals surface area contributed by atoms with Crippen molar-refractivity contribution in [3.8, 4) is 17.3 Å². The second-order valence-electron chi connectivity index (χ2n) is 5.22. The molecule has 0 saturated carbocycles. The molecule has 0 saturated heterocycles. The molecule has 1 atom stereocenters. The Hall–Kier alpha value is -2.44. The first-order valence-electron chi connectivity index (χ1n) is 6.89. The van der Waals surface area contributed by atoms with Gasteiger partial charge in [-0.2, -0.15) is 5.26 Å². The summed E-state index contributed by atoms with van der Waals surface area (Å²) in [4.78, 5) is 4.79. The minimum absolute atomic E-state index is 0.457. The van der Waals surface area contributed by atoms with Crippen LogP contribution in [0.1, 0.15) is 27.6 Å². The predicted octanol–water partition coefficient (Wildman–Crippen LogP) is 4.37. The van der Waals surface area contributed by atoms with Crippen LogP contribution in [0.4, 0.5) is 0 Å². The summed E-state index contributed by atoms with van der Waals surface area (Å²) in [5.74, 6) is 0.457. The molecule has 2 nitrogen and oxygen atoms in total. The highest BCUT2D eigenvalue weighted by atomic mass is 32.1. The van der Waals surface area contributed by atoms with Gasteiger partial charge in [0.15, 0.2) is 0 Å². The predicted molar refractivity (Wildman–Crippen MR) is 84.3 cm³/mol. The van der Waals surface area contributed by atoms with Gasteiger partial charge in [0, 0.05) is 16.9 Å². The lowest BCUT2D eigenvalue weighted by Crippen LogP contribution is -2.17. The van der Waals surface area contributed by atoms with Crippen LogP contribution in [0.3, 0.4) is 0 Å². The minimum atomic E-state index is 0.457. The molecular weight excluding hydrogens is 276 g/mol. The van der Waals surface area contributed by atoms with Gasteiger partial charge in [-0.25, -0.2) is 4.98 Å². The average molecular weight is 288 g/mol. The van der Waals surface area contributed by atoms with Gasteiger partial charge in [-0.15, -0.1) is 11.3 Å². The summed E-state index contributed by atoms with van der Waals surface area (Å²) in [6.07, 6.45) is 1.09. The molecule has 4 rings (SSSR count). The smallest absolute Gasteiger partial charge is 0.101 e. The van der Waals surface area contributed by atoms with E-state index in [4.69, 9.17) is 10.2 Å². The zero-order valence-electron chi connectivity index (χ0n) is 11.3. The number of hydrogen-bond acceptors (Lipinski definition) is 3.